The van der Waals surface area contributed by atoms with E-state index in [4.69, 9.17) is 5.11 Å². The molecule has 0 saturated carbocycles. The fraction of sp³-hybridized carbons (Fsp3) is 0.778. The highest BCUT2D eigenvalue weighted by Gasteiger charge is 2.69. The second-order valence-electron chi connectivity index (χ2n) is 3.92. The van der Waals surface area contributed by atoms with Gasteiger partial charge in [-0.25, -0.2) is 9.59 Å². The molecule has 0 fully saturated rings. The first-order valence-electron chi connectivity index (χ1n) is 5.12. The lowest BCUT2D eigenvalue weighted by atomic mass is 10.3. The fourth-order valence-corrected chi connectivity index (χ4v) is 0.444. The zero-order valence-corrected chi connectivity index (χ0v) is 11.0. The van der Waals surface area contributed by atoms with Gasteiger partial charge in [0.1, 0.15) is 0 Å². The summed E-state index contributed by atoms with van der Waals surface area (Å²) in [4.78, 5) is 20.2. The lowest BCUT2D eigenvalue weighted by Gasteiger charge is -2.20. The Morgan fingerprint density at radius 1 is 0.739 bits per heavy atom. The molecule has 0 aliphatic heterocycles. The first kappa shape index (κ1) is 23.7. The Kier molecular flexibility index (Phi) is 7.52. The average molecular weight is 370 g/mol. The van der Waals surface area contributed by atoms with Crippen LogP contribution in [0.15, 0.2) is 0 Å². The van der Waals surface area contributed by atoms with Gasteiger partial charge >= 0.3 is 36.1 Å². The monoisotopic (exact) mass is 370 g/mol. The van der Waals surface area contributed by atoms with Gasteiger partial charge in [0.25, 0.3) is 0 Å². The van der Waals surface area contributed by atoms with Crippen molar-refractivity contribution in [2.24, 2.45) is 0 Å². The average Bonchev–Trinajstić information content (AvgIpc) is 2.24. The molecule has 4 nitrogen and oxygen atoms in total. The van der Waals surface area contributed by atoms with E-state index in [1.807, 2.05) is 0 Å². The first-order chi connectivity index (χ1) is 9.78. The Balaban J connectivity index is 0. The normalized spacial score (nSPS) is 13.3. The molecule has 0 heterocycles. The zero-order valence-electron chi connectivity index (χ0n) is 11.0. The van der Waals surface area contributed by atoms with Crippen molar-refractivity contribution < 1.29 is 63.3 Å². The quantitative estimate of drug-likeness (QED) is 0.461. The molecule has 0 saturated heterocycles. The second kappa shape index (κ2) is 7.31. The molecule has 0 radical (unpaired) electrons. The maximum atomic E-state index is 12.1. The molecule has 0 unspecified atom stereocenters. The highest BCUT2D eigenvalue weighted by Crippen LogP contribution is 2.39. The molecule has 0 rings (SSSR count). The largest absolute Gasteiger partial charge is 0.465 e. The van der Waals surface area contributed by atoms with Crippen LogP contribution in [0.2, 0.25) is 0 Å². The van der Waals surface area contributed by atoms with Gasteiger partial charge in [-0.1, -0.05) is 0 Å². The molecule has 1 N–H and O–H groups in total. The topological polar surface area (TPSA) is 63.6 Å². The maximum Gasteiger partial charge on any atom is 0.465 e. The van der Waals surface area contributed by atoms with Gasteiger partial charge in [-0.05, 0) is 13.8 Å². The van der Waals surface area contributed by atoms with Crippen molar-refractivity contribution in [1.29, 1.82) is 0 Å². The predicted molar refractivity (Wildman–Crippen MR) is 50.5 cm³/mol. The van der Waals surface area contributed by atoms with Crippen molar-refractivity contribution >= 4 is 11.9 Å². The van der Waals surface area contributed by atoms with Crippen molar-refractivity contribution in [1.82, 2.24) is 0 Å². The number of aliphatic hydroxyl groups excluding tert-OH is 1. The van der Waals surface area contributed by atoms with E-state index in [1.165, 1.54) is 0 Å². The van der Waals surface area contributed by atoms with Crippen LogP contribution in [0.25, 0.3) is 0 Å². The van der Waals surface area contributed by atoms with Crippen LogP contribution in [0.1, 0.15) is 13.8 Å². The molecule has 0 spiro atoms. The number of hydrogen-bond acceptors (Lipinski definition) is 4. The standard InChI is InChI=1S/C6F10O3.C3H8O/c7-3(8,5(11,12)13)1(17)19-2(18)4(9,10)6(14,15)16;1-3(2)4/h;3-4H,1-2H3. The van der Waals surface area contributed by atoms with E-state index in [0.29, 0.717) is 0 Å². The minimum atomic E-state index is -6.63. The number of alkyl halides is 10. The molecule has 0 aliphatic rings. The maximum absolute atomic E-state index is 12.1. The Bertz CT molecular complexity index is 384. The SMILES string of the molecule is CC(C)O.O=C(OC(=O)C(F)(F)C(F)(F)F)C(F)(F)C(F)(F)F. The van der Waals surface area contributed by atoms with Crippen LogP contribution in [0.5, 0.6) is 0 Å². The second-order valence-corrected chi connectivity index (χ2v) is 3.92. The number of rotatable bonds is 2. The molecule has 0 aromatic rings. The smallest absolute Gasteiger partial charge is 0.394 e. The van der Waals surface area contributed by atoms with Gasteiger partial charge in [0.2, 0.25) is 0 Å². The Morgan fingerprint density at radius 2 is 0.913 bits per heavy atom. The molecule has 0 aromatic carbocycles. The number of carbonyl (C=O) groups excluding carboxylic acids is 2. The van der Waals surface area contributed by atoms with Crippen molar-refractivity contribution in [3.8, 4) is 0 Å². The minimum Gasteiger partial charge on any atom is -0.394 e. The van der Waals surface area contributed by atoms with Crippen LogP contribution >= 0.6 is 0 Å². The highest BCUT2D eigenvalue weighted by molar-refractivity contribution is 5.93. The zero-order chi connectivity index (χ0) is 19.4. The Hall–Kier alpha value is -1.60. The van der Waals surface area contributed by atoms with Crippen molar-refractivity contribution in [2.75, 3.05) is 0 Å². The number of aliphatic hydroxyl groups is 1. The van der Waals surface area contributed by atoms with Crippen LogP contribution in [0, 0.1) is 0 Å². The summed E-state index contributed by atoms with van der Waals surface area (Å²) in [5, 5.41) is 8.06. The minimum absolute atomic E-state index is 0.167. The molecular formula is C9H8F10O4. The summed E-state index contributed by atoms with van der Waals surface area (Å²) in [5.41, 5.74) is 0. The molecular weight excluding hydrogens is 362 g/mol. The third-order valence-electron chi connectivity index (χ3n) is 1.41. The van der Waals surface area contributed by atoms with Crippen molar-refractivity contribution in [3.63, 3.8) is 0 Å². The van der Waals surface area contributed by atoms with Gasteiger partial charge in [0, 0.05) is 6.10 Å². The van der Waals surface area contributed by atoms with E-state index in [1.54, 1.807) is 13.8 Å². The van der Waals surface area contributed by atoms with E-state index in [-0.39, 0.29) is 6.10 Å². The van der Waals surface area contributed by atoms with Crippen LogP contribution in [0.3, 0.4) is 0 Å². The summed E-state index contributed by atoms with van der Waals surface area (Å²) in [6, 6.07) is 0. The summed E-state index contributed by atoms with van der Waals surface area (Å²) < 4.78 is 120. The predicted octanol–water partition coefficient (Wildman–Crippen LogP) is 2.84. The molecule has 0 amide bonds. The van der Waals surface area contributed by atoms with Gasteiger partial charge in [0.15, 0.2) is 0 Å². The molecule has 138 valence electrons. The van der Waals surface area contributed by atoms with Crippen molar-refractivity contribution in [3.05, 3.63) is 0 Å². The molecule has 14 heteroatoms. The van der Waals surface area contributed by atoms with Crippen LogP contribution in [0.4, 0.5) is 43.9 Å². The Morgan fingerprint density at radius 3 is 1.04 bits per heavy atom. The summed E-state index contributed by atoms with van der Waals surface area (Å²) in [7, 11) is 0. The van der Waals surface area contributed by atoms with Gasteiger partial charge < -0.3 is 9.84 Å². The third-order valence-corrected chi connectivity index (χ3v) is 1.41. The van der Waals surface area contributed by atoms with E-state index in [2.05, 4.69) is 4.74 Å². The van der Waals surface area contributed by atoms with Gasteiger partial charge in [-0.2, -0.15) is 43.9 Å². The number of ether oxygens (including phenoxy) is 1. The van der Waals surface area contributed by atoms with Crippen LogP contribution < -0.4 is 0 Å². The van der Waals surface area contributed by atoms with E-state index >= 15 is 0 Å². The van der Waals surface area contributed by atoms with Gasteiger partial charge in [-0.15, -0.1) is 0 Å². The number of halogens is 10. The first-order valence-corrected chi connectivity index (χ1v) is 5.12. The lowest BCUT2D eigenvalue weighted by molar-refractivity contribution is -0.292. The van der Waals surface area contributed by atoms with Crippen molar-refractivity contribution in [2.45, 2.75) is 44.1 Å². The summed E-state index contributed by atoms with van der Waals surface area (Å²) in [5.74, 6) is -20.6. The third kappa shape index (κ3) is 6.58. The number of carbonyl (C=O) groups is 2. The molecule has 0 atom stereocenters. The fourth-order valence-electron chi connectivity index (χ4n) is 0.444. The van der Waals surface area contributed by atoms with Crippen LogP contribution in [-0.4, -0.2) is 47.3 Å². The summed E-state index contributed by atoms with van der Waals surface area (Å²) in [6.45, 7) is 3.44. The summed E-state index contributed by atoms with van der Waals surface area (Å²) >= 11 is 0. The van der Waals surface area contributed by atoms with E-state index < -0.39 is 36.1 Å². The van der Waals surface area contributed by atoms with Gasteiger partial charge in [0.05, 0.1) is 0 Å². The van der Waals surface area contributed by atoms with Crippen LogP contribution in [-0.2, 0) is 14.3 Å². The molecule has 0 aliphatic carbocycles. The van der Waals surface area contributed by atoms with Gasteiger partial charge in [-0.3, -0.25) is 0 Å². The summed E-state index contributed by atoms with van der Waals surface area (Å²) in [6.07, 6.45) is -13.4. The lowest BCUT2D eigenvalue weighted by Crippen LogP contribution is -2.51. The number of hydrogen-bond donors (Lipinski definition) is 1. The van der Waals surface area contributed by atoms with E-state index in [9.17, 15) is 53.5 Å². The number of esters is 2. The Labute approximate surface area is 121 Å². The molecule has 0 aromatic heterocycles. The molecule has 23 heavy (non-hydrogen) atoms. The molecule has 0 bridgehead atoms. The van der Waals surface area contributed by atoms with E-state index in [0.717, 1.165) is 0 Å². The highest BCUT2D eigenvalue weighted by atomic mass is 19.4.